The van der Waals surface area contributed by atoms with Gasteiger partial charge in [-0.1, -0.05) is 36.4 Å². The van der Waals surface area contributed by atoms with Crippen LogP contribution in [0.4, 0.5) is 5.69 Å². The first-order valence-electron chi connectivity index (χ1n) is 10.2. The number of nitrogens with zero attached hydrogens (tertiary/aromatic N) is 1. The lowest BCUT2D eigenvalue weighted by molar-refractivity contribution is -0.142. The molecular formula is C23H26N4O6S. The molecule has 180 valence electrons. The predicted molar refractivity (Wildman–Crippen MR) is 128 cm³/mol. The number of nitrogens with two attached hydrogens (primary N) is 1. The molecule has 1 aliphatic heterocycles. The number of carbonyl (C=O) groups excluding carboxylic acids is 2. The molecule has 1 heterocycles. The molecule has 1 atom stereocenters. The van der Waals surface area contributed by atoms with Crippen LogP contribution in [0.15, 0.2) is 54.3 Å². The highest BCUT2D eigenvalue weighted by Crippen LogP contribution is 2.32. The topological polar surface area (TPSA) is 152 Å². The number of sulfonamides is 1. The molecule has 1 amide bonds. The molecule has 0 spiro atoms. The Kier molecular flexibility index (Phi) is 7.38. The second-order valence-electron chi connectivity index (χ2n) is 7.72. The maximum absolute atomic E-state index is 13.2. The largest absolute Gasteiger partial charge is 0.498 e. The van der Waals surface area contributed by atoms with E-state index in [1.165, 1.54) is 14.2 Å². The fourth-order valence-electron chi connectivity index (χ4n) is 3.65. The molecular weight excluding hydrogens is 460 g/mol. The van der Waals surface area contributed by atoms with Gasteiger partial charge in [0.15, 0.2) is 0 Å². The Balaban J connectivity index is 1.80. The Labute approximate surface area is 197 Å². The molecule has 0 fully saturated rings. The number of nitrogens with one attached hydrogen (secondary N) is 2. The van der Waals surface area contributed by atoms with Crippen molar-refractivity contribution in [2.45, 2.75) is 12.5 Å². The van der Waals surface area contributed by atoms with Gasteiger partial charge in [0.2, 0.25) is 10.0 Å². The third-order valence-electron chi connectivity index (χ3n) is 5.30. The monoisotopic (exact) mass is 486 g/mol. The van der Waals surface area contributed by atoms with E-state index in [0.29, 0.717) is 33.7 Å². The van der Waals surface area contributed by atoms with Gasteiger partial charge in [-0.2, -0.15) is 0 Å². The second kappa shape index (κ2) is 10.1. The SMILES string of the molecule is COC(=O)C(Cc1ccc(N2CC(OC)=C(c3ccc(C(=N)N)cc3)C2=O)cc1)NS(C)(=O)=O. The van der Waals surface area contributed by atoms with Crippen LogP contribution in [0.1, 0.15) is 16.7 Å². The van der Waals surface area contributed by atoms with Gasteiger partial charge < -0.3 is 20.1 Å². The number of benzene rings is 2. The first-order valence-corrected chi connectivity index (χ1v) is 12.1. The molecule has 0 saturated heterocycles. The zero-order chi connectivity index (χ0) is 25.0. The maximum Gasteiger partial charge on any atom is 0.324 e. The van der Waals surface area contributed by atoms with Crippen LogP contribution in [0.5, 0.6) is 0 Å². The van der Waals surface area contributed by atoms with Gasteiger partial charge in [-0.25, -0.2) is 13.1 Å². The summed E-state index contributed by atoms with van der Waals surface area (Å²) in [5.74, 6) is -0.495. The molecule has 0 radical (unpaired) electrons. The Bertz CT molecular complexity index is 1240. The van der Waals surface area contributed by atoms with Crippen LogP contribution in [0.3, 0.4) is 0 Å². The van der Waals surface area contributed by atoms with E-state index in [2.05, 4.69) is 4.72 Å². The molecule has 2 aromatic carbocycles. The lowest BCUT2D eigenvalue weighted by Gasteiger charge is -2.18. The van der Waals surface area contributed by atoms with Crippen molar-refractivity contribution in [3.8, 4) is 0 Å². The van der Waals surface area contributed by atoms with E-state index in [1.54, 1.807) is 53.4 Å². The number of methoxy groups -OCH3 is 2. The van der Waals surface area contributed by atoms with Crippen LogP contribution < -0.4 is 15.4 Å². The molecule has 0 aliphatic carbocycles. The Morgan fingerprint density at radius 1 is 1.15 bits per heavy atom. The Hall–Kier alpha value is -3.70. The van der Waals surface area contributed by atoms with Crippen molar-refractivity contribution in [2.75, 3.05) is 31.9 Å². The molecule has 34 heavy (non-hydrogen) atoms. The third-order valence-corrected chi connectivity index (χ3v) is 6.01. The lowest BCUT2D eigenvalue weighted by atomic mass is 10.0. The van der Waals surface area contributed by atoms with Crippen molar-refractivity contribution in [1.82, 2.24) is 4.72 Å². The van der Waals surface area contributed by atoms with Gasteiger partial charge in [-0.05, 0) is 29.7 Å². The van der Waals surface area contributed by atoms with Gasteiger partial charge in [-0.3, -0.25) is 15.0 Å². The van der Waals surface area contributed by atoms with Crippen molar-refractivity contribution in [3.05, 3.63) is 71.0 Å². The van der Waals surface area contributed by atoms with Crippen molar-refractivity contribution in [2.24, 2.45) is 5.73 Å². The minimum absolute atomic E-state index is 0.0619. The fourth-order valence-corrected chi connectivity index (χ4v) is 4.34. The first kappa shape index (κ1) is 24.9. The molecule has 3 rings (SSSR count). The minimum atomic E-state index is -3.62. The molecule has 11 heteroatoms. The number of carbonyl (C=O) groups is 2. The number of ether oxygens (including phenoxy) is 2. The molecule has 0 bridgehead atoms. The van der Waals surface area contributed by atoms with Gasteiger partial charge in [0.25, 0.3) is 5.91 Å². The second-order valence-corrected chi connectivity index (χ2v) is 9.50. The van der Waals surface area contributed by atoms with Crippen molar-refractivity contribution in [1.29, 1.82) is 5.41 Å². The number of esters is 1. The number of hydrogen-bond acceptors (Lipinski definition) is 7. The number of amides is 1. The van der Waals surface area contributed by atoms with Crippen LogP contribution in [-0.4, -0.2) is 59.2 Å². The average Bonchev–Trinajstić information content (AvgIpc) is 3.14. The highest BCUT2D eigenvalue weighted by Gasteiger charge is 2.33. The van der Waals surface area contributed by atoms with Crippen molar-refractivity contribution >= 4 is 39.0 Å². The summed E-state index contributed by atoms with van der Waals surface area (Å²) in [6.07, 6.45) is 1.06. The standard InChI is InChI=1S/C23H26N4O6S/c1-32-19-13-27(22(28)20(19)15-6-8-16(9-7-15)21(24)25)17-10-4-14(5-11-17)12-18(23(29)33-2)26-34(3,30)31/h4-11,18,26H,12-13H2,1-3H3,(H3,24,25). The highest BCUT2D eigenvalue weighted by molar-refractivity contribution is 7.88. The molecule has 0 saturated carbocycles. The van der Waals surface area contributed by atoms with E-state index in [1.807, 2.05) is 0 Å². The van der Waals surface area contributed by atoms with Crippen molar-refractivity contribution in [3.63, 3.8) is 0 Å². The molecule has 4 N–H and O–H groups in total. The summed E-state index contributed by atoms with van der Waals surface area (Å²) in [5.41, 5.74) is 8.43. The van der Waals surface area contributed by atoms with Crippen LogP contribution in [-0.2, 0) is 35.5 Å². The highest BCUT2D eigenvalue weighted by atomic mass is 32.2. The number of amidine groups is 1. The fraction of sp³-hybridized carbons (Fsp3) is 0.261. The summed E-state index contributed by atoms with van der Waals surface area (Å²) in [6, 6.07) is 12.6. The van der Waals surface area contributed by atoms with E-state index in [4.69, 9.17) is 20.6 Å². The van der Waals surface area contributed by atoms with Crippen molar-refractivity contribution < 1.29 is 27.5 Å². The van der Waals surface area contributed by atoms with E-state index in [9.17, 15) is 18.0 Å². The molecule has 1 unspecified atom stereocenters. The summed E-state index contributed by atoms with van der Waals surface area (Å²) in [7, 11) is -0.930. The van der Waals surface area contributed by atoms with E-state index >= 15 is 0 Å². The molecule has 2 aromatic rings. The first-order chi connectivity index (χ1) is 16.0. The van der Waals surface area contributed by atoms with Gasteiger partial charge in [0.05, 0.1) is 32.6 Å². The predicted octanol–water partition coefficient (Wildman–Crippen LogP) is 1.01. The molecule has 1 aliphatic rings. The summed E-state index contributed by atoms with van der Waals surface area (Å²) in [6.45, 7) is 0.235. The number of rotatable bonds is 9. The maximum atomic E-state index is 13.2. The quantitative estimate of drug-likeness (QED) is 0.272. The summed E-state index contributed by atoms with van der Waals surface area (Å²) < 4.78 is 35.6. The zero-order valence-electron chi connectivity index (χ0n) is 19.0. The normalized spacial score (nSPS) is 14.8. The van der Waals surface area contributed by atoms with E-state index < -0.39 is 22.0 Å². The number of hydrogen-bond donors (Lipinski definition) is 3. The van der Waals surface area contributed by atoms with Gasteiger partial charge >= 0.3 is 5.97 Å². The molecule has 0 aromatic heterocycles. The zero-order valence-corrected chi connectivity index (χ0v) is 19.8. The minimum Gasteiger partial charge on any atom is -0.498 e. The summed E-state index contributed by atoms with van der Waals surface area (Å²) >= 11 is 0. The van der Waals surface area contributed by atoms with Gasteiger partial charge in [-0.15, -0.1) is 0 Å². The number of anilines is 1. The smallest absolute Gasteiger partial charge is 0.324 e. The Morgan fingerprint density at radius 2 is 1.76 bits per heavy atom. The number of nitrogen functional groups attached to an aromatic ring is 1. The van der Waals surface area contributed by atoms with Crippen LogP contribution >= 0.6 is 0 Å². The Morgan fingerprint density at radius 3 is 2.26 bits per heavy atom. The van der Waals surface area contributed by atoms with Crippen LogP contribution in [0.25, 0.3) is 5.57 Å². The summed E-state index contributed by atoms with van der Waals surface area (Å²) in [5, 5.41) is 7.52. The van der Waals surface area contributed by atoms with Crippen LogP contribution in [0, 0.1) is 5.41 Å². The van der Waals surface area contributed by atoms with Gasteiger partial charge in [0.1, 0.15) is 17.6 Å². The summed E-state index contributed by atoms with van der Waals surface area (Å²) in [4.78, 5) is 26.8. The lowest BCUT2D eigenvalue weighted by Crippen LogP contribution is -2.42. The third kappa shape index (κ3) is 5.61. The average molecular weight is 487 g/mol. The molecule has 10 nitrogen and oxygen atoms in total. The van der Waals surface area contributed by atoms with E-state index in [-0.39, 0.29) is 24.7 Å². The van der Waals surface area contributed by atoms with E-state index in [0.717, 1.165) is 6.26 Å². The van der Waals surface area contributed by atoms with Gasteiger partial charge in [0, 0.05) is 11.3 Å². The van der Waals surface area contributed by atoms with Crippen LogP contribution in [0.2, 0.25) is 0 Å².